The Hall–Kier alpha value is -1.44. The zero-order valence-corrected chi connectivity index (χ0v) is 13.3. The lowest BCUT2D eigenvalue weighted by atomic mass is 10.1. The van der Waals surface area contributed by atoms with Gasteiger partial charge in [0.15, 0.2) is 0 Å². The van der Waals surface area contributed by atoms with Crippen molar-refractivity contribution in [2.24, 2.45) is 0 Å². The van der Waals surface area contributed by atoms with Crippen molar-refractivity contribution in [3.63, 3.8) is 0 Å². The molecule has 8 heteroatoms. The van der Waals surface area contributed by atoms with Gasteiger partial charge >= 0.3 is 0 Å². The van der Waals surface area contributed by atoms with Crippen molar-refractivity contribution in [2.75, 3.05) is 0 Å². The van der Waals surface area contributed by atoms with Crippen LogP contribution in [0.15, 0.2) is 29.3 Å². The molecule has 118 valence electrons. The third-order valence-electron chi connectivity index (χ3n) is 3.72. The Morgan fingerprint density at radius 1 is 1.36 bits per heavy atom. The van der Waals surface area contributed by atoms with E-state index in [0.29, 0.717) is 0 Å². The molecular weight excluding hydrogens is 329 g/mol. The van der Waals surface area contributed by atoms with Crippen molar-refractivity contribution in [2.45, 2.75) is 37.2 Å². The molecular formula is C14H15ClFN3O2S. The summed E-state index contributed by atoms with van der Waals surface area (Å²) < 4.78 is 42.0. The Balaban J connectivity index is 1.77. The third-order valence-corrected chi connectivity index (χ3v) is 5.41. The maximum atomic E-state index is 13.1. The largest absolute Gasteiger partial charge is 0.269 e. The Bertz CT molecular complexity index is 804. The highest BCUT2D eigenvalue weighted by Crippen LogP contribution is 2.21. The van der Waals surface area contributed by atoms with Crippen LogP contribution >= 0.6 is 11.6 Å². The standard InChI is InChI=1S/C14H15ClFN3O2S/c15-12-7-11(4-5-13(12)16)22(20,21)18-9-10-8-17-19-6-2-1-3-14(10)19/h4-5,7-8,18H,1-3,6,9H2. The maximum Gasteiger partial charge on any atom is 0.240 e. The van der Waals surface area contributed by atoms with E-state index in [0.717, 1.165) is 49.2 Å². The van der Waals surface area contributed by atoms with E-state index in [-0.39, 0.29) is 16.5 Å². The minimum absolute atomic E-state index is 0.0556. The molecule has 0 spiro atoms. The Labute approximate surface area is 133 Å². The topological polar surface area (TPSA) is 64.0 Å². The number of benzene rings is 1. The molecule has 1 aromatic carbocycles. The summed E-state index contributed by atoms with van der Waals surface area (Å²) in [5, 5.41) is 4.05. The van der Waals surface area contributed by atoms with E-state index in [1.807, 2.05) is 4.68 Å². The van der Waals surface area contributed by atoms with Crippen molar-refractivity contribution < 1.29 is 12.8 Å². The van der Waals surface area contributed by atoms with Crippen molar-refractivity contribution in [1.29, 1.82) is 0 Å². The smallest absolute Gasteiger partial charge is 0.240 e. The summed E-state index contributed by atoms with van der Waals surface area (Å²) in [5.74, 6) is -0.647. The molecule has 0 radical (unpaired) electrons. The molecule has 0 unspecified atom stereocenters. The number of hydrogen-bond acceptors (Lipinski definition) is 3. The Kier molecular flexibility index (Phi) is 4.20. The number of rotatable bonds is 4. The SMILES string of the molecule is O=S(=O)(NCc1cnn2c1CCCC2)c1ccc(F)c(Cl)c1. The normalized spacial score (nSPS) is 14.8. The van der Waals surface area contributed by atoms with Gasteiger partial charge in [0, 0.05) is 24.3 Å². The number of sulfonamides is 1. The second kappa shape index (κ2) is 5.98. The van der Waals surface area contributed by atoms with Crippen molar-refractivity contribution in [3.05, 3.63) is 46.5 Å². The van der Waals surface area contributed by atoms with Crippen LogP contribution in [0.3, 0.4) is 0 Å². The van der Waals surface area contributed by atoms with Gasteiger partial charge in [-0.1, -0.05) is 11.6 Å². The van der Waals surface area contributed by atoms with Crippen LogP contribution in [0.5, 0.6) is 0 Å². The summed E-state index contributed by atoms with van der Waals surface area (Å²) in [6.07, 6.45) is 4.77. The van der Waals surface area contributed by atoms with Gasteiger partial charge in [-0.25, -0.2) is 17.5 Å². The predicted octanol–water partition coefficient (Wildman–Crippen LogP) is 2.49. The molecule has 0 bridgehead atoms. The molecule has 0 saturated carbocycles. The van der Waals surface area contributed by atoms with Gasteiger partial charge < -0.3 is 0 Å². The van der Waals surface area contributed by atoms with Crippen LogP contribution in [0.4, 0.5) is 4.39 Å². The average molecular weight is 344 g/mol. The highest BCUT2D eigenvalue weighted by Gasteiger charge is 2.19. The predicted molar refractivity (Wildman–Crippen MR) is 80.6 cm³/mol. The van der Waals surface area contributed by atoms with Crippen molar-refractivity contribution in [3.8, 4) is 0 Å². The van der Waals surface area contributed by atoms with Gasteiger partial charge in [-0.2, -0.15) is 5.10 Å². The molecule has 3 rings (SSSR count). The van der Waals surface area contributed by atoms with Crippen LogP contribution in [0.2, 0.25) is 5.02 Å². The molecule has 0 saturated heterocycles. The lowest BCUT2D eigenvalue weighted by molar-refractivity contribution is 0.484. The molecule has 1 aliphatic heterocycles. The number of aryl methyl sites for hydroxylation is 1. The zero-order valence-electron chi connectivity index (χ0n) is 11.7. The molecule has 1 aromatic heterocycles. The third kappa shape index (κ3) is 3.02. The number of nitrogens with one attached hydrogen (secondary N) is 1. The van der Waals surface area contributed by atoms with Crippen LogP contribution in [-0.2, 0) is 29.5 Å². The first-order chi connectivity index (χ1) is 10.5. The Morgan fingerprint density at radius 3 is 2.95 bits per heavy atom. The van der Waals surface area contributed by atoms with Gasteiger partial charge in [0.2, 0.25) is 10.0 Å². The van der Waals surface area contributed by atoms with Crippen LogP contribution in [-0.4, -0.2) is 18.2 Å². The first-order valence-electron chi connectivity index (χ1n) is 6.95. The van der Waals surface area contributed by atoms with E-state index in [1.165, 1.54) is 6.07 Å². The zero-order chi connectivity index (χ0) is 15.7. The number of fused-ring (bicyclic) bond motifs is 1. The molecule has 0 amide bonds. The minimum Gasteiger partial charge on any atom is -0.269 e. The van der Waals surface area contributed by atoms with Crippen LogP contribution in [0.1, 0.15) is 24.1 Å². The molecule has 0 aliphatic carbocycles. The second-order valence-corrected chi connectivity index (χ2v) is 7.37. The van der Waals surface area contributed by atoms with Crippen LogP contribution in [0.25, 0.3) is 0 Å². The summed E-state index contributed by atoms with van der Waals surface area (Å²) in [6, 6.07) is 3.34. The van der Waals surface area contributed by atoms with E-state index in [1.54, 1.807) is 6.20 Å². The fourth-order valence-corrected chi connectivity index (χ4v) is 3.81. The number of halogens is 2. The molecule has 1 N–H and O–H groups in total. The number of hydrogen-bond donors (Lipinski definition) is 1. The van der Waals surface area contributed by atoms with Crippen molar-refractivity contribution >= 4 is 21.6 Å². The highest BCUT2D eigenvalue weighted by molar-refractivity contribution is 7.89. The molecule has 2 aromatic rings. The first-order valence-corrected chi connectivity index (χ1v) is 8.82. The van der Waals surface area contributed by atoms with E-state index in [4.69, 9.17) is 11.6 Å². The molecule has 2 heterocycles. The van der Waals surface area contributed by atoms with Gasteiger partial charge in [0.1, 0.15) is 5.82 Å². The van der Waals surface area contributed by atoms with Crippen LogP contribution in [0, 0.1) is 5.82 Å². The summed E-state index contributed by atoms with van der Waals surface area (Å²) in [7, 11) is -3.74. The number of aromatic nitrogens is 2. The van der Waals surface area contributed by atoms with Gasteiger partial charge in [-0.05, 0) is 37.5 Å². The summed E-state index contributed by atoms with van der Waals surface area (Å²) in [6.45, 7) is 1.03. The van der Waals surface area contributed by atoms with Gasteiger partial charge in [0.25, 0.3) is 0 Å². The Morgan fingerprint density at radius 2 is 2.18 bits per heavy atom. The fraction of sp³-hybridized carbons (Fsp3) is 0.357. The van der Waals surface area contributed by atoms with Crippen LogP contribution < -0.4 is 4.72 Å². The lowest BCUT2D eigenvalue weighted by Crippen LogP contribution is -2.24. The lowest BCUT2D eigenvalue weighted by Gasteiger charge is -2.15. The van der Waals surface area contributed by atoms with Gasteiger partial charge in [0.05, 0.1) is 16.1 Å². The summed E-state index contributed by atoms with van der Waals surface area (Å²) in [4.78, 5) is -0.0556. The number of nitrogens with zero attached hydrogens (tertiary/aromatic N) is 2. The highest BCUT2D eigenvalue weighted by atomic mass is 35.5. The molecule has 5 nitrogen and oxygen atoms in total. The second-order valence-electron chi connectivity index (χ2n) is 5.20. The molecule has 0 fully saturated rings. The monoisotopic (exact) mass is 343 g/mol. The van der Waals surface area contributed by atoms with E-state index in [2.05, 4.69) is 9.82 Å². The molecule has 22 heavy (non-hydrogen) atoms. The molecule has 1 aliphatic rings. The maximum absolute atomic E-state index is 13.1. The van der Waals surface area contributed by atoms with E-state index < -0.39 is 15.8 Å². The van der Waals surface area contributed by atoms with Gasteiger partial charge in [-0.3, -0.25) is 4.68 Å². The quantitative estimate of drug-likeness (QED) is 0.927. The molecule has 0 atom stereocenters. The van der Waals surface area contributed by atoms with E-state index in [9.17, 15) is 12.8 Å². The summed E-state index contributed by atoms with van der Waals surface area (Å²) in [5.41, 5.74) is 1.95. The van der Waals surface area contributed by atoms with Crippen molar-refractivity contribution in [1.82, 2.24) is 14.5 Å². The fourth-order valence-electron chi connectivity index (χ4n) is 2.53. The first kappa shape index (κ1) is 15.5. The minimum atomic E-state index is -3.74. The summed E-state index contributed by atoms with van der Waals surface area (Å²) >= 11 is 5.63. The van der Waals surface area contributed by atoms with E-state index >= 15 is 0 Å². The van der Waals surface area contributed by atoms with Gasteiger partial charge in [-0.15, -0.1) is 0 Å². The average Bonchev–Trinajstić information content (AvgIpc) is 2.91.